The summed E-state index contributed by atoms with van der Waals surface area (Å²) in [6.07, 6.45) is -0.639. The number of fused-ring (bicyclic) bond motifs is 12. The second-order valence-electron chi connectivity index (χ2n) is 11.7. The third kappa shape index (κ3) is 12.5. The maximum Gasteiger partial charge on any atom is 0.243 e. The summed E-state index contributed by atoms with van der Waals surface area (Å²) in [7, 11) is 0. The summed E-state index contributed by atoms with van der Waals surface area (Å²) >= 11 is 0. The Balaban J connectivity index is 2.30. The molecule has 2 heterocycles. The molecule has 0 saturated heterocycles. The van der Waals surface area contributed by atoms with Gasteiger partial charge >= 0.3 is 0 Å². The lowest BCUT2D eigenvalue weighted by Crippen LogP contribution is -2.56. The Morgan fingerprint density at radius 2 is 1.82 bits per heavy atom. The summed E-state index contributed by atoms with van der Waals surface area (Å²) in [5.41, 5.74) is 5.80. The van der Waals surface area contributed by atoms with E-state index in [-0.39, 0.29) is 44.2 Å². The van der Waals surface area contributed by atoms with Crippen molar-refractivity contribution >= 4 is 23.6 Å². The number of nitrogens with two attached hydrogens (primary N) is 1. The summed E-state index contributed by atoms with van der Waals surface area (Å²) < 4.78 is 5.70. The number of aliphatic hydroxyl groups excluding tert-OH is 1. The summed E-state index contributed by atoms with van der Waals surface area (Å²) in [5, 5.41) is 19.7. The Morgan fingerprint density at radius 3 is 2.41 bits per heavy atom. The van der Waals surface area contributed by atoms with E-state index in [4.69, 9.17) is 10.5 Å². The monoisotopic (exact) mass is 547 g/mol. The summed E-state index contributed by atoms with van der Waals surface area (Å²) in [6.45, 7) is 10.8. The van der Waals surface area contributed by atoms with Crippen molar-refractivity contribution in [2.75, 3.05) is 26.2 Å². The maximum absolute atomic E-state index is 13.3. The summed E-state index contributed by atoms with van der Waals surface area (Å²) in [5.74, 6) is -1.05. The molecule has 0 aliphatic carbocycles. The van der Waals surface area contributed by atoms with Crippen molar-refractivity contribution in [1.82, 2.24) is 20.9 Å². The van der Waals surface area contributed by atoms with Gasteiger partial charge in [0.25, 0.3) is 0 Å². The molecule has 6 N–H and O–H groups in total. The minimum atomic E-state index is -1.18. The number of hydrogen-bond donors (Lipinski definition) is 5. The standard InChI is InChI=1S/C28H45N5O6/c1-18(2)15-33(17-26(37)32-28(3,4)5)16-23(34)21-13-19-8-10-20(11-9-19)39-12-6-7-25(36)30-22(14-24(29)35)27(38)31-21/h8-11,18,21-23,34H,6-7,12-17H2,1-5H3,(H2,29,35)(H,30,36)(H,31,38)(H,32,37)/t21-,22+,23-/m1/s1. The van der Waals surface area contributed by atoms with E-state index in [0.29, 0.717) is 25.3 Å². The van der Waals surface area contributed by atoms with E-state index >= 15 is 0 Å². The van der Waals surface area contributed by atoms with Crippen LogP contribution in [0.15, 0.2) is 24.3 Å². The normalized spacial score (nSPS) is 19.9. The van der Waals surface area contributed by atoms with E-state index in [1.165, 1.54) is 0 Å². The molecule has 0 spiro atoms. The first-order valence-corrected chi connectivity index (χ1v) is 13.5. The predicted molar refractivity (Wildman–Crippen MR) is 148 cm³/mol. The van der Waals surface area contributed by atoms with Gasteiger partial charge in [0.1, 0.15) is 11.8 Å². The van der Waals surface area contributed by atoms with Crippen molar-refractivity contribution in [2.45, 2.75) is 84.0 Å². The molecule has 2 aliphatic heterocycles. The van der Waals surface area contributed by atoms with E-state index in [1.807, 2.05) is 51.7 Å². The molecule has 2 bridgehead atoms. The number of carbonyl (C=O) groups excluding carboxylic acids is 4. The number of nitrogens with zero attached hydrogens (tertiary/aromatic N) is 1. The Morgan fingerprint density at radius 1 is 1.15 bits per heavy atom. The second kappa shape index (κ2) is 14.8. The number of hydrogen-bond acceptors (Lipinski definition) is 7. The summed E-state index contributed by atoms with van der Waals surface area (Å²) in [6, 6.07) is 5.36. The lowest BCUT2D eigenvalue weighted by Gasteiger charge is -2.32. The second-order valence-corrected chi connectivity index (χ2v) is 11.7. The SMILES string of the molecule is CC(C)CN(CC(=O)NC(C)(C)C)C[C@@H](O)[C@H]1Cc2ccc(cc2)OCCCC(=O)N[C@@H](CC(N)=O)C(=O)N1. The molecule has 4 amide bonds. The van der Waals surface area contributed by atoms with Crippen LogP contribution < -0.4 is 26.4 Å². The number of benzene rings is 1. The molecule has 1 aromatic carbocycles. The van der Waals surface area contributed by atoms with Gasteiger partial charge in [-0.15, -0.1) is 0 Å². The lowest BCUT2D eigenvalue weighted by atomic mass is 9.99. The molecular weight excluding hydrogens is 502 g/mol. The first kappa shape index (κ1) is 32.0. The van der Waals surface area contributed by atoms with E-state index < -0.39 is 41.4 Å². The zero-order valence-electron chi connectivity index (χ0n) is 23.8. The fourth-order valence-electron chi connectivity index (χ4n) is 4.41. The number of primary amides is 1. The first-order chi connectivity index (χ1) is 18.2. The van der Waals surface area contributed by atoms with Crippen LogP contribution in [0.4, 0.5) is 0 Å². The Kier molecular flexibility index (Phi) is 12.2. The van der Waals surface area contributed by atoms with Crippen LogP contribution in [0.25, 0.3) is 0 Å². The van der Waals surface area contributed by atoms with Gasteiger partial charge in [0.2, 0.25) is 23.6 Å². The molecule has 218 valence electrons. The molecule has 0 unspecified atom stereocenters. The van der Waals surface area contributed by atoms with Crippen LogP contribution >= 0.6 is 0 Å². The molecule has 0 aromatic heterocycles. The average molecular weight is 548 g/mol. The zero-order chi connectivity index (χ0) is 29.2. The number of nitrogens with one attached hydrogen (secondary N) is 3. The number of rotatable bonds is 9. The van der Waals surface area contributed by atoms with Crippen LogP contribution in [0.3, 0.4) is 0 Å². The Labute approximate surface area is 231 Å². The van der Waals surface area contributed by atoms with Crippen molar-refractivity contribution in [3.8, 4) is 5.75 Å². The lowest BCUT2D eigenvalue weighted by molar-refractivity contribution is -0.132. The minimum absolute atomic E-state index is 0.0829. The highest BCUT2D eigenvalue weighted by Crippen LogP contribution is 2.16. The third-order valence-corrected chi connectivity index (χ3v) is 6.00. The zero-order valence-corrected chi connectivity index (χ0v) is 23.8. The number of amides is 4. The van der Waals surface area contributed by atoms with Gasteiger partial charge in [-0.25, -0.2) is 0 Å². The molecule has 0 saturated carbocycles. The molecule has 0 fully saturated rings. The molecule has 11 nitrogen and oxygen atoms in total. The fraction of sp³-hybridized carbons (Fsp3) is 0.643. The maximum atomic E-state index is 13.3. The van der Waals surface area contributed by atoms with Gasteiger partial charge in [0.05, 0.1) is 31.7 Å². The highest BCUT2D eigenvalue weighted by molar-refractivity contribution is 5.91. The molecular formula is C28H45N5O6. The smallest absolute Gasteiger partial charge is 0.243 e. The van der Waals surface area contributed by atoms with Crippen LogP contribution in [0.1, 0.15) is 59.4 Å². The van der Waals surface area contributed by atoms with Gasteiger partial charge in [0.15, 0.2) is 0 Å². The van der Waals surface area contributed by atoms with Crippen LogP contribution in [-0.2, 0) is 25.6 Å². The Hall–Kier alpha value is -3.18. The van der Waals surface area contributed by atoms with Crippen molar-refractivity contribution < 1.29 is 29.0 Å². The number of carbonyl (C=O) groups is 4. The first-order valence-electron chi connectivity index (χ1n) is 13.5. The van der Waals surface area contributed by atoms with Crippen LogP contribution in [0, 0.1) is 5.92 Å². The quantitative estimate of drug-likeness (QED) is 0.300. The molecule has 11 heteroatoms. The predicted octanol–water partition coefficient (Wildman–Crippen LogP) is 0.480. The molecule has 1 aromatic rings. The molecule has 0 radical (unpaired) electrons. The highest BCUT2D eigenvalue weighted by Gasteiger charge is 2.30. The largest absolute Gasteiger partial charge is 0.494 e. The van der Waals surface area contributed by atoms with Gasteiger partial charge < -0.3 is 31.5 Å². The number of aliphatic hydroxyl groups is 1. The van der Waals surface area contributed by atoms with E-state index in [1.54, 1.807) is 12.1 Å². The van der Waals surface area contributed by atoms with Gasteiger partial charge in [0, 0.05) is 25.0 Å². The van der Waals surface area contributed by atoms with Gasteiger partial charge in [-0.1, -0.05) is 26.0 Å². The van der Waals surface area contributed by atoms with Crippen LogP contribution in [0.5, 0.6) is 5.75 Å². The van der Waals surface area contributed by atoms with Gasteiger partial charge in [-0.3, -0.25) is 24.1 Å². The molecule has 3 rings (SSSR count). The highest BCUT2D eigenvalue weighted by atomic mass is 16.5. The topological polar surface area (TPSA) is 163 Å². The van der Waals surface area contributed by atoms with Crippen molar-refractivity contribution in [3.05, 3.63) is 29.8 Å². The third-order valence-electron chi connectivity index (χ3n) is 6.00. The summed E-state index contributed by atoms with van der Waals surface area (Å²) in [4.78, 5) is 51.9. The van der Waals surface area contributed by atoms with Gasteiger partial charge in [-0.2, -0.15) is 0 Å². The van der Waals surface area contributed by atoms with E-state index in [0.717, 1.165) is 5.56 Å². The Bertz CT molecular complexity index is 976. The molecule has 3 atom stereocenters. The molecule has 39 heavy (non-hydrogen) atoms. The number of ether oxygens (including phenoxy) is 1. The fourth-order valence-corrected chi connectivity index (χ4v) is 4.41. The molecule has 2 aliphatic rings. The minimum Gasteiger partial charge on any atom is -0.494 e. The van der Waals surface area contributed by atoms with Crippen molar-refractivity contribution in [1.29, 1.82) is 0 Å². The van der Waals surface area contributed by atoms with Crippen LogP contribution in [-0.4, -0.2) is 83.6 Å². The van der Waals surface area contributed by atoms with E-state index in [2.05, 4.69) is 16.0 Å². The van der Waals surface area contributed by atoms with E-state index in [9.17, 15) is 24.3 Å². The average Bonchev–Trinajstić information content (AvgIpc) is 2.80. The van der Waals surface area contributed by atoms with Gasteiger partial charge in [-0.05, 0) is 57.2 Å². The van der Waals surface area contributed by atoms with Crippen molar-refractivity contribution in [2.24, 2.45) is 11.7 Å². The van der Waals surface area contributed by atoms with Crippen molar-refractivity contribution in [3.63, 3.8) is 0 Å². The van der Waals surface area contributed by atoms with Crippen LogP contribution in [0.2, 0.25) is 0 Å².